The summed E-state index contributed by atoms with van der Waals surface area (Å²) in [5.41, 5.74) is 2.31. The number of hydrazine groups is 1. The van der Waals surface area contributed by atoms with Gasteiger partial charge in [0.05, 0.1) is 25.0 Å². The molecule has 304 valence electrons. The Hall–Kier alpha value is -4.88. The highest BCUT2D eigenvalue weighted by molar-refractivity contribution is 6.37. The lowest BCUT2D eigenvalue weighted by Gasteiger charge is -2.42. The molecular formula is C41H64N8O6. The second-order valence-electron chi connectivity index (χ2n) is 15.1. The topological polar surface area (TPSA) is 183 Å². The highest BCUT2D eigenvalue weighted by atomic mass is 16.2. The summed E-state index contributed by atoms with van der Waals surface area (Å²) >= 11 is 0. The maximum absolute atomic E-state index is 14.2. The number of urea groups is 1. The molecule has 2 aliphatic rings. The molecule has 0 bridgehead atoms. The number of nitrogens with one attached hydrogen (secondary N) is 4. The normalized spacial score (nSPS) is 16.9. The van der Waals surface area contributed by atoms with E-state index in [-0.39, 0.29) is 11.6 Å². The average Bonchev–Trinajstić information content (AvgIpc) is 3.19. The molecule has 4 rings (SSSR count). The van der Waals surface area contributed by atoms with Crippen LogP contribution >= 0.6 is 0 Å². The van der Waals surface area contributed by atoms with Crippen molar-refractivity contribution in [2.24, 2.45) is 11.3 Å². The van der Waals surface area contributed by atoms with Gasteiger partial charge in [-0.25, -0.2) is 9.78 Å². The Kier molecular flexibility index (Phi) is 20.6. The van der Waals surface area contributed by atoms with Crippen LogP contribution in [0.5, 0.6) is 0 Å². The molecule has 0 saturated heterocycles. The second kappa shape index (κ2) is 24.5. The summed E-state index contributed by atoms with van der Waals surface area (Å²) in [6.07, 6.45) is 18.1. The number of para-hydroxylation sites is 1. The van der Waals surface area contributed by atoms with Gasteiger partial charge in [0.15, 0.2) is 0 Å². The van der Waals surface area contributed by atoms with E-state index in [1.54, 1.807) is 52.1 Å². The molecule has 3 unspecified atom stereocenters. The van der Waals surface area contributed by atoms with Crippen LogP contribution in [-0.2, 0) is 19.2 Å². The van der Waals surface area contributed by atoms with Crippen LogP contribution < -0.4 is 26.4 Å². The number of Topliss-reactive ketones (excluding diaryl/α,β-unsaturated/α-hetero) is 1. The average molecular weight is 765 g/mol. The van der Waals surface area contributed by atoms with Crippen molar-refractivity contribution >= 4 is 41.1 Å². The van der Waals surface area contributed by atoms with Crippen LogP contribution in [-0.4, -0.2) is 82.5 Å². The van der Waals surface area contributed by atoms with Crippen LogP contribution in [0.3, 0.4) is 0 Å². The first-order chi connectivity index (χ1) is 26.2. The van der Waals surface area contributed by atoms with E-state index < -0.39 is 66.0 Å². The number of ketones is 1. The summed E-state index contributed by atoms with van der Waals surface area (Å²) < 4.78 is 0. The number of carbonyl (C=O) groups is 6. The number of amides is 6. The van der Waals surface area contributed by atoms with E-state index in [1.165, 1.54) is 68.5 Å². The monoisotopic (exact) mass is 764 g/mol. The molecule has 1 aromatic carbocycles. The molecular weight excluding hydrogens is 701 g/mol. The molecule has 3 atom stereocenters. The SMILES string of the molecule is C1CCCCC1.CCC.CCC1CCCCC1N(C(=O)NCC(=O)C(=O)NN(C)c1ccccc1)C(=O)C(NC(=O)CNC(=O)c1cnccn1)C(C)(C)C. The molecule has 2 fully saturated rings. The van der Waals surface area contributed by atoms with Crippen molar-refractivity contribution in [3.05, 3.63) is 54.6 Å². The summed E-state index contributed by atoms with van der Waals surface area (Å²) in [6, 6.07) is 6.42. The van der Waals surface area contributed by atoms with Crippen LogP contribution in [0.1, 0.15) is 129 Å². The number of anilines is 1. The lowest BCUT2D eigenvalue weighted by molar-refractivity contribution is -0.140. The van der Waals surface area contributed by atoms with E-state index in [0.29, 0.717) is 12.1 Å². The molecule has 2 aliphatic carbocycles. The molecule has 1 heterocycles. The minimum atomic E-state index is -1.16. The number of rotatable bonds is 12. The molecule has 1 aromatic heterocycles. The molecule has 55 heavy (non-hydrogen) atoms. The first kappa shape index (κ1) is 46.3. The Morgan fingerprint density at radius 3 is 1.96 bits per heavy atom. The quantitative estimate of drug-likeness (QED) is 0.155. The Bertz CT molecular complexity index is 1490. The molecule has 6 amide bonds. The van der Waals surface area contributed by atoms with Crippen molar-refractivity contribution in [1.29, 1.82) is 0 Å². The van der Waals surface area contributed by atoms with Gasteiger partial charge in [0.2, 0.25) is 11.7 Å². The number of hydrogen-bond donors (Lipinski definition) is 4. The Morgan fingerprint density at radius 1 is 0.818 bits per heavy atom. The maximum Gasteiger partial charge on any atom is 0.324 e. The number of hydrogen-bond acceptors (Lipinski definition) is 9. The van der Waals surface area contributed by atoms with Crippen LogP contribution in [0.15, 0.2) is 48.9 Å². The molecule has 14 heteroatoms. The molecule has 0 spiro atoms. The van der Waals surface area contributed by atoms with Gasteiger partial charge >= 0.3 is 11.9 Å². The second-order valence-corrected chi connectivity index (χ2v) is 15.1. The first-order valence-electron chi connectivity index (χ1n) is 19.8. The molecule has 0 radical (unpaired) electrons. The highest BCUT2D eigenvalue weighted by Gasteiger charge is 2.43. The van der Waals surface area contributed by atoms with Crippen LogP contribution in [0.2, 0.25) is 0 Å². The van der Waals surface area contributed by atoms with Gasteiger partial charge in [0, 0.05) is 25.5 Å². The van der Waals surface area contributed by atoms with Gasteiger partial charge in [-0.2, -0.15) is 0 Å². The third kappa shape index (κ3) is 16.2. The Labute approximate surface area is 327 Å². The van der Waals surface area contributed by atoms with Gasteiger partial charge in [-0.05, 0) is 36.3 Å². The molecule has 2 saturated carbocycles. The molecule has 14 nitrogen and oxygen atoms in total. The number of aromatic nitrogens is 2. The van der Waals surface area contributed by atoms with E-state index in [2.05, 4.69) is 45.2 Å². The maximum atomic E-state index is 14.2. The third-order valence-electron chi connectivity index (χ3n) is 9.37. The van der Waals surface area contributed by atoms with Crippen molar-refractivity contribution in [1.82, 2.24) is 36.2 Å². The van der Waals surface area contributed by atoms with Crippen LogP contribution in [0.25, 0.3) is 0 Å². The third-order valence-corrected chi connectivity index (χ3v) is 9.37. The summed E-state index contributed by atoms with van der Waals surface area (Å²) in [5.74, 6) is -3.72. The predicted octanol–water partition coefficient (Wildman–Crippen LogP) is 5.74. The van der Waals surface area contributed by atoms with Gasteiger partial charge in [-0.15, -0.1) is 0 Å². The highest BCUT2D eigenvalue weighted by Crippen LogP contribution is 2.33. The first-order valence-corrected chi connectivity index (χ1v) is 19.8. The van der Waals surface area contributed by atoms with Crippen molar-refractivity contribution < 1.29 is 28.8 Å². The minimum Gasteiger partial charge on any atom is -0.342 e. The van der Waals surface area contributed by atoms with Gasteiger partial charge in [0.25, 0.3) is 11.8 Å². The van der Waals surface area contributed by atoms with E-state index in [1.807, 2.05) is 13.0 Å². The van der Waals surface area contributed by atoms with Crippen LogP contribution in [0.4, 0.5) is 10.5 Å². The van der Waals surface area contributed by atoms with E-state index in [4.69, 9.17) is 0 Å². The van der Waals surface area contributed by atoms with E-state index in [0.717, 1.165) is 30.6 Å². The molecule has 2 aromatic rings. The Balaban J connectivity index is 0.00000103. The lowest BCUT2D eigenvalue weighted by Crippen LogP contribution is -2.62. The zero-order valence-electron chi connectivity index (χ0n) is 34.0. The number of carbonyl (C=O) groups excluding carboxylic acids is 6. The fourth-order valence-corrected chi connectivity index (χ4v) is 6.40. The van der Waals surface area contributed by atoms with Gasteiger partial charge < -0.3 is 16.0 Å². The number of nitrogens with zero attached hydrogens (tertiary/aromatic N) is 4. The predicted molar refractivity (Wildman–Crippen MR) is 214 cm³/mol. The zero-order chi connectivity index (χ0) is 40.8. The number of benzene rings is 1. The van der Waals surface area contributed by atoms with Gasteiger partial charge in [0.1, 0.15) is 11.7 Å². The van der Waals surface area contributed by atoms with Crippen molar-refractivity contribution in [3.8, 4) is 0 Å². The molecule has 4 N–H and O–H groups in total. The van der Waals surface area contributed by atoms with Crippen molar-refractivity contribution in [2.75, 3.05) is 25.1 Å². The summed E-state index contributed by atoms with van der Waals surface area (Å²) in [6.45, 7) is 10.4. The van der Waals surface area contributed by atoms with E-state index in [9.17, 15) is 28.8 Å². The fourth-order valence-electron chi connectivity index (χ4n) is 6.40. The summed E-state index contributed by atoms with van der Waals surface area (Å²) in [7, 11) is 1.58. The summed E-state index contributed by atoms with van der Waals surface area (Å²) in [4.78, 5) is 87.5. The fraction of sp³-hybridized carbons (Fsp3) is 0.610. The molecule has 0 aliphatic heterocycles. The van der Waals surface area contributed by atoms with E-state index >= 15 is 0 Å². The zero-order valence-corrected chi connectivity index (χ0v) is 34.0. The summed E-state index contributed by atoms with van der Waals surface area (Å²) in [5, 5.41) is 9.01. The standard InChI is InChI=1S/C32H44N8O6.C6H12.C3H8/c1-6-21-12-10-11-15-24(21)40(31(46)36-19-25(41)29(44)38-39(5)22-13-8-7-9-14-22)30(45)27(32(2,3)4)37-26(42)20-35-28(43)23-18-33-16-17-34-23;1-2-4-6-5-3-1;1-3-2/h7-9,13-14,16-18,21,24,27H,6,10-12,15,19-20H2,1-5H3,(H,35,43)(H,36,46)(H,37,42)(H,38,44);1-6H2;3H2,1-2H3. The minimum absolute atomic E-state index is 0.0181. The van der Waals surface area contributed by atoms with Crippen molar-refractivity contribution in [3.63, 3.8) is 0 Å². The van der Waals surface area contributed by atoms with Crippen molar-refractivity contribution in [2.45, 2.75) is 131 Å². The van der Waals surface area contributed by atoms with Crippen LogP contribution in [0, 0.1) is 11.3 Å². The smallest absolute Gasteiger partial charge is 0.324 e. The number of imide groups is 1. The van der Waals surface area contributed by atoms with Gasteiger partial charge in [-0.3, -0.25) is 44.3 Å². The van der Waals surface area contributed by atoms with Gasteiger partial charge in [-0.1, -0.05) is 124 Å². The Morgan fingerprint density at radius 2 is 1.42 bits per heavy atom. The lowest BCUT2D eigenvalue weighted by atomic mass is 9.80. The largest absolute Gasteiger partial charge is 0.342 e.